The quantitative estimate of drug-likeness (QED) is 0.874. The second-order valence-corrected chi connectivity index (χ2v) is 3.78. The lowest BCUT2D eigenvalue weighted by molar-refractivity contribution is 0.397. The minimum absolute atomic E-state index is 0.627. The molecule has 0 aliphatic rings. The van der Waals surface area contributed by atoms with E-state index in [2.05, 4.69) is 15.3 Å². The molecule has 0 bridgehead atoms. The second kappa shape index (κ2) is 5.30. The highest BCUT2D eigenvalue weighted by atomic mass is 16.5. The zero-order chi connectivity index (χ0) is 12.1. The van der Waals surface area contributed by atoms with Gasteiger partial charge in [-0.15, -0.1) is 0 Å². The summed E-state index contributed by atoms with van der Waals surface area (Å²) in [4.78, 5) is 8.41. The van der Waals surface area contributed by atoms with E-state index in [1.165, 1.54) is 0 Å². The lowest BCUT2D eigenvalue weighted by atomic mass is 10.3. The van der Waals surface area contributed by atoms with E-state index in [1.54, 1.807) is 13.3 Å². The topological polar surface area (TPSA) is 47.0 Å². The van der Waals surface area contributed by atoms with Crippen LogP contribution < -0.4 is 10.1 Å². The molecule has 2 heterocycles. The average molecular weight is 229 g/mol. The van der Waals surface area contributed by atoms with Gasteiger partial charge in [-0.3, -0.25) is 0 Å². The van der Waals surface area contributed by atoms with Crippen molar-refractivity contribution in [3.63, 3.8) is 0 Å². The average Bonchev–Trinajstić information content (AvgIpc) is 2.39. The van der Waals surface area contributed by atoms with Crippen molar-refractivity contribution in [2.75, 3.05) is 12.4 Å². The number of nitrogens with zero attached hydrogens (tertiary/aromatic N) is 2. The van der Waals surface area contributed by atoms with Crippen LogP contribution in [0, 0.1) is 6.92 Å². The number of pyridine rings is 2. The van der Waals surface area contributed by atoms with Crippen molar-refractivity contribution in [1.82, 2.24) is 9.97 Å². The summed E-state index contributed by atoms with van der Waals surface area (Å²) in [6.45, 7) is 2.72. The Bertz CT molecular complexity index is 465. The lowest BCUT2D eigenvalue weighted by Gasteiger charge is -2.06. The van der Waals surface area contributed by atoms with Gasteiger partial charge in [0.05, 0.1) is 7.11 Å². The zero-order valence-electron chi connectivity index (χ0n) is 9.97. The van der Waals surface area contributed by atoms with Gasteiger partial charge in [-0.05, 0) is 24.1 Å². The van der Waals surface area contributed by atoms with Crippen molar-refractivity contribution < 1.29 is 4.74 Å². The molecule has 17 heavy (non-hydrogen) atoms. The summed E-state index contributed by atoms with van der Waals surface area (Å²) < 4.78 is 5.00. The SMILES string of the molecule is COc1ccc(CNc2ccc(C)cn2)cn1. The van der Waals surface area contributed by atoms with E-state index in [-0.39, 0.29) is 0 Å². The molecular weight excluding hydrogens is 214 g/mol. The molecule has 0 saturated heterocycles. The number of anilines is 1. The summed E-state index contributed by atoms with van der Waals surface area (Å²) in [6, 6.07) is 7.82. The standard InChI is InChI=1S/C13H15N3O/c1-10-3-5-12(14-7-10)15-8-11-4-6-13(17-2)16-9-11/h3-7,9H,8H2,1-2H3,(H,14,15). The van der Waals surface area contributed by atoms with Gasteiger partial charge < -0.3 is 10.1 Å². The molecular formula is C13H15N3O. The largest absolute Gasteiger partial charge is 0.481 e. The minimum Gasteiger partial charge on any atom is -0.481 e. The number of aryl methyl sites for hydroxylation is 1. The zero-order valence-corrected chi connectivity index (χ0v) is 9.97. The van der Waals surface area contributed by atoms with Crippen LogP contribution in [0.4, 0.5) is 5.82 Å². The highest BCUT2D eigenvalue weighted by Gasteiger charge is 1.97. The summed E-state index contributed by atoms with van der Waals surface area (Å²) in [5.74, 6) is 1.49. The molecule has 0 aliphatic heterocycles. The van der Waals surface area contributed by atoms with Gasteiger partial charge >= 0.3 is 0 Å². The number of aromatic nitrogens is 2. The smallest absolute Gasteiger partial charge is 0.212 e. The van der Waals surface area contributed by atoms with Crippen LogP contribution in [-0.4, -0.2) is 17.1 Å². The van der Waals surface area contributed by atoms with E-state index in [0.29, 0.717) is 12.4 Å². The second-order valence-electron chi connectivity index (χ2n) is 3.78. The number of hydrogen-bond donors (Lipinski definition) is 1. The van der Waals surface area contributed by atoms with Crippen molar-refractivity contribution in [2.24, 2.45) is 0 Å². The molecule has 0 spiro atoms. The molecule has 2 rings (SSSR count). The van der Waals surface area contributed by atoms with Gasteiger partial charge in [0.1, 0.15) is 5.82 Å². The lowest BCUT2D eigenvalue weighted by Crippen LogP contribution is -2.01. The maximum atomic E-state index is 5.00. The highest BCUT2D eigenvalue weighted by Crippen LogP contribution is 2.09. The van der Waals surface area contributed by atoms with Gasteiger partial charge in [-0.2, -0.15) is 0 Å². The number of hydrogen-bond acceptors (Lipinski definition) is 4. The van der Waals surface area contributed by atoms with Crippen LogP contribution in [0.1, 0.15) is 11.1 Å². The first kappa shape index (κ1) is 11.4. The van der Waals surface area contributed by atoms with Gasteiger partial charge in [0.2, 0.25) is 5.88 Å². The Balaban J connectivity index is 1.95. The third-order valence-electron chi connectivity index (χ3n) is 2.39. The minimum atomic E-state index is 0.627. The van der Waals surface area contributed by atoms with Gasteiger partial charge in [0.25, 0.3) is 0 Å². The van der Waals surface area contributed by atoms with Crippen LogP contribution in [-0.2, 0) is 6.54 Å². The van der Waals surface area contributed by atoms with Crippen LogP contribution in [0.2, 0.25) is 0 Å². The first-order chi connectivity index (χ1) is 8.28. The van der Waals surface area contributed by atoms with Crippen molar-refractivity contribution in [3.8, 4) is 5.88 Å². The van der Waals surface area contributed by atoms with Crippen LogP contribution in [0.15, 0.2) is 36.7 Å². The Kier molecular flexibility index (Phi) is 3.55. The molecule has 4 nitrogen and oxygen atoms in total. The van der Waals surface area contributed by atoms with Gasteiger partial charge in [0.15, 0.2) is 0 Å². The van der Waals surface area contributed by atoms with Gasteiger partial charge in [-0.1, -0.05) is 12.1 Å². The summed E-state index contributed by atoms with van der Waals surface area (Å²) in [5, 5.41) is 3.23. The molecule has 0 radical (unpaired) electrons. The van der Waals surface area contributed by atoms with E-state index < -0.39 is 0 Å². The first-order valence-electron chi connectivity index (χ1n) is 5.43. The normalized spacial score (nSPS) is 10.0. The van der Waals surface area contributed by atoms with E-state index in [1.807, 2.05) is 37.4 Å². The molecule has 0 saturated carbocycles. The van der Waals surface area contributed by atoms with Crippen molar-refractivity contribution >= 4 is 5.82 Å². The fourth-order valence-corrected chi connectivity index (χ4v) is 1.40. The molecule has 0 aromatic carbocycles. The van der Waals surface area contributed by atoms with Crippen molar-refractivity contribution in [1.29, 1.82) is 0 Å². The van der Waals surface area contributed by atoms with E-state index >= 15 is 0 Å². The Hall–Kier alpha value is -2.10. The van der Waals surface area contributed by atoms with Crippen LogP contribution in [0.3, 0.4) is 0 Å². The molecule has 1 N–H and O–H groups in total. The van der Waals surface area contributed by atoms with Gasteiger partial charge in [-0.25, -0.2) is 9.97 Å². The van der Waals surface area contributed by atoms with Gasteiger partial charge in [0, 0.05) is 25.0 Å². The van der Waals surface area contributed by atoms with E-state index in [0.717, 1.165) is 16.9 Å². The molecule has 0 atom stereocenters. The number of rotatable bonds is 4. The highest BCUT2D eigenvalue weighted by molar-refractivity contribution is 5.36. The molecule has 0 unspecified atom stereocenters. The molecule has 0 aliphatic carbocycles. The molecule has 4 heteroatoms. The van der Waals surface area contributed by atoms with Crippen molar-refractivity contribution in [3.05, 3.63) is 47.8 Å². The fraction of sp³-hybridized carbons (Fsp3) is 0.231. The third kappa shape index (κ3) is 3.17. The fourth-order valence-electron chi connectivity index (χ4n) is 1.40. The van der Waals surface area contributed by atoms with E-state index in [9.17, 15) is 0 Å². The monoisotopic (exact) mass is 229 g/mol. The molecule has 2 aromatic heterocycles. The Labute approximate surface area is 101 Å². The summed E-state index contributed by atoms with van der Waals surface area (Å²) in [5.41, 5.74) is 2.25. The van der Waals surface area contributed by atoms with Crippen molar-refractivity contribution in [2.45, 2.75) is 13.5 Å². The van der Waals surface area contributed by atoms with E-state index in [4.69, 9.17) is 4.74 Å². The molecule has 2 aromatic rings. The number of nitrogens with one attached hydrogen (secondary N) is 1. The maximum Gasteiger partial charge on any atom is 0.212 e. The van der Waals surface area contributed by atoms with Crippen LogP contribution >= 0.6 is 0 Å². The predicted octanol–water partition coefficient (Wildman–Crippen LogP) is 2.41. The Morgan fingerprint density at radius 1 is 1.12 bits per heavy atom. The summed E-state index contributed by atoms with van der Waals surface area (Å²) >= 11 is 0. The molecule has 0 amide bonds. The summed E-state index contributed by atoms with van der Waals surface area (Å²) in [7, 11) is 1.61. The number of methoxy groups -OCH3 is 1. The summed E-state index contributed by atoms with van der Waals surface area (Å²) in [6.07, 6.45) is 3.63. The third-order valence-corrected chi connectivity index (χ3v) is 2.39. The van der Waals surface area contributed by atoms with Crippen LogP contribution in [0.25, 0.3) is 0 Å². The Morgan fingerprint density at radius 3 is 2.59 bits per heavy atom. The van der Waals surface area contributed by atoms with Crippen LogP contribution in [0.5, 0.6) is 5.88 Å². The maximum absolute atomic E-state index is 5.00. The first-order valence-corrected chi connectivity index (χ1v) is 5.43. The molecule has 88 valence electrons. The molecule has 0 fully saturated rings. The number of ether oxygens (including phenoxy) is 1. The Morgan fingerprint density at radius 2 is 2.00 bits per heavy atom. The predicted molar refractivity (Wildman–Crippen MR) is 67.1 cm³/mol.